The highest BCUT2D eigenvalue weighted by atomic mass is 16.5. The quantitative estimate of drug-likeness (QED) is 0.0577. The number of nitrogens with zero attached hydrogens (tertiary/aromatic N) is 1. The van der Waals surface area contributed by atoms with Crippen molar-refractivity contribution in [1.29, 1.82) is 0 Å². The zero-order valence-electron chi connectivity index (χ0n) is 25.3. The van der Waals surface area contributed by atoms with Gasteiger partial charge in [-0.3, -0.25) is 9.59 Å². The van der Waals surface area contributed by atoms with Gasteiger partial charge in [-0.05, 0) is 79.7 Å². The number of para-hydroxylation sites is 2. The monoisotopic (exact) mass is 623 g/mol. The first-order valence-corrected chi connectivity index (χ1v) is 14.5. The average molecular weight is 624 g/mol. The number of amides is 2. The van der Waals surface area contributed by atoms with Crippen LogP contribution in [0.5, 0.6) is 11.5 Å². The van der Waals surface area contributed by atoms with E-state index >= 15 is 0 Å². The predicted molar refractivity (Wildman–Crippen MR) is 180 cm³/mol. The molecule has 0 unspecified atom stereocenters. The molecule has 5 aromatic carbocycles. The van der Waals surface area contributed by atoms with Crippen molar-refractivity contribution in [2.24, 2.45) is 5.10 Å². The number of carbonyl (C=O) groups is 4. The van der Waals surface area contributed by atoms with Gasteiger partial charge in [0.15, 0.2) is 0 Å². The van der Waals surface area contributed by atoms with E-state index in [0.717, 1.165) is 5.56 Å². The molecule has 0 saturated heterocycles. The second-order valence-electron chi connectivity index (χ2n) is 10.2. The minimum absolute atomic E-state index is 0.220. The van der Waals surface area contributed by atoms with Crippen molar-refractivity contribution in [2.75, 3.05) is 5.32 Å². The molecule has 9 heteroatoms. The number of hydrogen-bond acceptors (Lipinski definition) is 7. The predicted octanol–water partition coefficient (Wildman–Crippen LogP) is 6.85. The van der Waals surface area contributed by atoms with Crippen LogP contribution in [0.25, 0.3) is 6.08 Å². The van der Waals surface area contributed by atoms with Crippen LogP contribution in [0.15, 0.2) is 139 Å². The molecule has 9 nitrogen and oxygen atoms in total. The Morgan fingerprint density at radius 2 is 1.17 bits per heavy atom. The average Bonchev–Trinajstić information content (AvgIpc) is 3.09. The van der Waals surface area contributed by atoms with E-state index in [1.165, 1.54) is 18.4 Å². The van der Waals surface area contributed by atoms with Crippen LogP contribution in [-0.4, -0.2) is 30.0 Å². The van der Waals surface area contributed by atoms with Gasteiger partial charge in [-0.1, -0.05) is 66.2 Å². The third-order valence-corrected chi connectivity index (χ3v) is 6.75. The van der Waals surface area contributed by atoms with Crippen molar-refractivity contribution >= 4 is 41.7 Å². The van der Waals surface area contributed by atoms with Crippen molar-refractivity contribution in [3.05, 3.63) is 167 Å². The number of benzene rings is 5. The Labute approximate surface area is 271 Å². The van der Waals surface area contributed by atoms with Gasteiger partial charge < -0.3 is 14.8 Å². The Bertz CT molecular complexity index is 1950. The molecule has 0 aliphatic heterocycles. The number of aryl methyl sites for hydroxylation is 1. The number of esters is 2. The van der Waals surface area contributed by atoms with E-state index in [1.807, 2.05) is 25.1 Å². The maximum absolute atomic E-state index is 12.7. The number of ether oxygens (including phenoxy) is 2. The normalized spacial score (nSPS) is 10.8. The number of anilines is 1. The van der Waals surface area contributed by atoms with Crippen LogP contribution in [-0.2, 0) is 4.79 Å². The highest BCUT2D eigenvalue weighted by Gasteiger charge is 2.12. The first kappa shape index (κ1) is 31.8. The van der Waals surface area contributed by atoms with Crippen molar-refractivity contribution < 1.29 is 28.7 Å². The number of rotatable bonds is 10. The van der Waals surface area contributed by atoms with Crippen molar-refractivity contribution in [2.45, 2.75) is 6.92 Å². The SMILES string of the molecule is Cc1ccc(C(=O)Oc2ccccc2/C=C/C(=O)Oc2ccccc2/C=N/NC(=O)c2ccc(NC(=O)c3ccccc3)cc2)cc1. The van der Waals surface area contributed by atoms with E-state index in [4.69, 9.17) is 9.47 Å². The van der Waals surface area contributed by atoms with E-state index in [2.05, 4.69) is 15.8 Å². The molecule has 0 spiro atoms. The van der Waals surface area contributed by atoms with Crippen LogP contribution < -0.4 is 20.2 Å². The van der Waals surface area contributed by atoms with Gasteiger partial charge in [-0.25, -0.2) is 15.0 Å². The molecule has 2 N–H and O–H groups in total. The van der Waals surface area contributed by atoms with Crippen molar-refractivity contribution in [3.8, 4) is 11.5 Å². The Morgan fingerprint density at radius 1 is 0.596 bits per heavy atom. The molecule has 0 bridgehead atoms. The lowest BCUT2D eigenvalue weighted by Crippen LogP contribution is -2.18. The van der Waals surface area contributed by atoms with Crippen LogP contribution in [0.2, 0.25) is 0 Å². The van der Waals surface area contributed by atoms with Crippen LogP contribution in [0.4, 0.5) is 5.69 Å². The van der Waals surface area contributed by atoms with E-state index < -0.39 is 17.8 Å². The third kappa shape index (κ3) is 8.96. The Morgan fingerprint density at radius 3 is 1.87 bits per heavy atom. The Kier molecular flexibility index (Phi) is 10.4. The second kappa shape index (κ2) is 15.4. The minimum atomic E-state index is -0.672. The number of hydrazone groups is 1. The largest absolute Gasteiger partial charge is 0.423 e. The molecule has 0 atom stereocenters. The third-order valence-electron chi connectivity index (χ3n) is 6.75. The molecule has 0 heterocycles. The lowest BCUT2D eigenvalue weighted by molar-refractivity contribution is -0.128. The van der Waals surface area contributed by atoms with Gasteiger partial charge >= 0.3 is 11.9 Å². The summed E-state index contributed by atoms with van der Waals surface area (Å²) in [5.41, 5.74) is 6.22. The fourth-order valence-electron chi connectivity index (χ4n) is 4.26. The summed E-state index contributed by atoms with van der Waals surface area (Å²) in [5, 5.41) is 6.79. The molecule has 0 aliphatic rings. The van der Waals surface area contributed by atoms with Gasteiger partial charge in [-0.2, -0.15) is 5.10 Å². The standard InChI is InChI=1S/C38H29N3O6/c1-26-15-17-30(18-16-26)38(45)47-33-13-7-5-9-27(33)21-24-35(42)46-34-14-8-6-12-31(34)25-39-41-37(44)29-19-22-32(23-20-29)40-36(43)28-10-3-2-4-11-28/h2-25H,1H3,(H,40,43)(H,41,44)/b24-21+,39-25+. The zero-order chi connectivity index (χ0) is 33.0. The Balaban J connectivity index is 1.17. The number of hydrogen-bond donors (Lipinski definition) is 2. The molecule has 232 valence electrons. The van der Waals surface area contributed by atoms with Crippen LogP contribution >= 0.6 is 0 Å². The summed E-state index contributed by atoms with van der Waals surface area (Å²) in [6, 6.07) is 35.7. The summed E-state index contributed by atoms with van der Waals surface area (Å²) in [6.45, 7) is 1.93. The lowest BCUT2D eigenvalue weighted by atomic mass is 10.1. The van der Waals surface area contributed by atoms with Crippen LogP contribution in [0.1, 0.15) is 47.8 Å². The fraction of sp³-hybridized carbons (Fsp3) is 0.0263. The van der Waals surface area contributed by atoms with Gasteiger partial charge in [0.05, 0.1) is 11.8 Å². The fourth-order valence-corrected chi connectivity index (χ4v) is 4.26. The van der Waals surface area contributed by atoms with E-state index in [0.29, 0.717) is 33.5 Å². The summed E-state index contributed by atoms with van der Waals surface area (Å²) < 4.78 is 11.1. The van der Waals surface area contributed by atoms with E-state index in [1.54, 1.807) is 109 Å². The summed E-state index contributed by atoms with van der Waals surface area (Å²) in [5.74, 6) is -1.41. The van der Waals surface area contributed by atoms with Gasteiger partial charge in [0, 0.05) is 34.0 Å². The smallest absolute Gasteiger partial charge is 0.343 e. The topological polar surface area (TPSA) is 123 Å². The molecular formula is C38H29N3O6. The van der Waals surface area contributed by atoms with E-state index in [-0.39, 0.29) is 17.4 Å². The molecule has 0 saturated carbocycles. The lowest BCUT2D eigenvalue weighted by Gasteiger charge is -2.08. The molecule has 0 aliphatic carbocycles. The maximum atomic E-state index is 12.7. The first-order valence-electron chi connectivity index (χ1n) is 14.5. The number of carbonyl (C=O) groups excluding carboxylic acids is 4. The molecule has 0 fully saturated rings. The zero-order valence-corrected chi connectivity index (χ0v) is 25.3. The number of nitrogens with one attached hydrogen (secondary N) is 2. The maximum Gasteiger partial charge on any atom is 0.343 e. The van der Waals surface area contributed by atoms with Gasteiger partial charge in [-0.15, -0.1) is 0 Å². The van der Waals surface area contributed by atoms with Gasteiger partial charge in [0.2, 0.25) is 0 Å². The van der Waals surface area contributed by atoms with Gasteiger partial charge in [0.1, 0.15) is 11.5 Å². The Hall–Kier alpha value is -6.61. The van der Waals surface area contributed by atoms with Crippen LogP contribution in [0.3, 0.4) is 0 Å². The van der Waals surface area contributed by atoms with Crippen molar-refractivity contribution in [3.63, 3.8) is 0 Å². The van der Waals surface area contributed by atoms with Crippen molar-refractivity contribution in [1.82, 2.24) is 5.43 Å². The highest BCUT2D eigenvalue weighted by molar-refractivity contribution is 6.04. The molecule has 5 rings (SSSR count). The molecule has 5 aromatic rings. The van der Waals surface area contributed by atoms with E-state index in [9.17, 15) is 19.2 Å². The summed E-state index contributed by atoms with van der Waals surface area (Å²) >= 11 is 0. The molecular weight excluding hydrogens is 594 g/mol. The summed E-state index contributed by atoms with van der Waals surface area (Å²) in [4.78, 5) is 50.3. The second-order valence-corrected chi connectivity index (χ2v) is 10.2. The highest BCUT2D eigenvalue weighted by Crippen LogP contribution is 2.22. The summed E-state index contributed by atoms with van der Waals surface area (Å²) in [6.07, 6.45) is 4.08. The molecule has 0 radical (unpaired) electrons. The summed E-state index contributed by atoms with van der Waals surface area (Å²) in [7, 11) is 0. The molecule has 47 heavy (non-hydrogen) atoms. The first-order chi connectivity index (χ1) is 22.9. The van der Waals surface area contributed by atoms with Crippen LogP contribution in [0, 0.1) is 6.92 Å². The molecule has 0 aromatic heterocycles. The molecule has 2 amide bonds. The minimum Gasteiger partial charge on any atom is -0.423 e. The van der Waals surface area contributed by atoms with Gasteiger partial charge in [0.25, 0.3) is 11.8 Å².